The van der Waals surface area contributed by atoms with Gasteiger partial charge in [0.1, 0.15) is 0 Å². The van der Waals surface area contributed by atoms with Gasteiger partial charge in [-0.3, -0.25) is 4.99 Å². The molecule has 1 fully saturated rings. The fourth-order valence-corrected chi connectivity index (χ4v) is 3.61. The van der Waals surface area contributed by atoms with Gasteiger partial charge in [0.2, 0.25) is 0 Å². The number of aryl methyl sites for hydroxylation is 1. The maximum Gasteiger partial charge on any atom is 0.191 e. The minimum Gasteiger partial charge on any atom is -0.357 e. The molecule has 1 saturated carbocycles. The van der Waals surface area contributed by atoms with Crippen molar-refractivity contribution in [1.82, 2.24) is 15.2 Å². The molecule has 0 saturated heterocycles. The van der Waals surface area contributed by atoms with Crippen molar-refractivity contribution in [3.05, 3.63) is 58.3 Å². The molecule has 2 N–H and O–H groups in total. The van der Waals surface area contributed by atoms with Crippen LogP contribution in [0.25, 0.3) is 0 Å². The lowest BCUT2D eigenvalue weighted by Crippen LogP contribution is -2.40. The zero-order valence-corrected chi connectivity index (χ0v) is 15.2. The number of hydrogen-bond acceptors (Lipinski definition) is 1. The Bertz CT molecular complexity index is 701. The molecule has 0 aliphatic heterocycles. The van der Waals surface area contributed by atoms with Crippen LogP contribution in [0.15, 0.2) is 52.2 Å². The summed E-state index contributed by atoms with van der Waals surface area (Å²) >= 11 is 3.68. The number of nitrogens with zero attached hydrogens (tertiary/aromatic N) is 2. The van der Waals surface area contributed by atoms with Crippen molar-refractivity contribution in [3.8, 4) is 0 Å². The highest BCUT2D eigenvalue weighted by molar-refractivity contribution is 9.10. The highest BCUT2D eigenvalue weighted by Crippen LogP contribution is 2.49. The standard InChI is InChI=1S/C18H23BrN4/c1-20-17(21-11-14-7-10-23(2)12-14)22-13-18(8-9-18)15-5-3-4-6-16(15)19/h3-7,10,12H,8-9,11,13H2,1-2H3,(H2,20,21,22). The van der Waals surface area contributed by atoms with Gasteiger partial charge in [-0.25, -0.2) is 0 Å². The van der Waals surface area contributed by atoms with Crippen LogP contribution < -0.4 is 10.6 Å². The van der Waals surface area contributed by atoms with Crippen LogP contribution in [0.4, 0.5) is 0 Å². The summed E-state index contributed by atoms with van der Waals surface area (Å²) in [6, 6.07) is 10.6. The largest absolute Gasteiger partial charge is 0.357 e. The van der Waals surface area contributed by atoms with E-state index in [0.29, 0.717) is 0 Å². The third-order valence-corrected chi connectivity index (χ3v) is 5.16. The number of halogens is 1. The van der Waals surface area contributed by atoms with E-state index in [-0.39, 0.29) is 5.41 Å². The number of guanidine groups is 1. The molecule has 5 heteroatoms. The van der Waals surface area contributed by atoms with Crippen molar-refractivity contribution in [2.75, 3.05) is 13.6 Å². The molecule has 0 atom stereocenters. The lowest BCUT2D eigenvalue weighted by atomic mass is 9.96. The quantitative estimate of drug-likeness (QED) is 0.623. The van der Waals surface area contributed by atoms with E-state index in [1.165, 1.54) is 28.4 Å². The average Bonchev–Trinajstić information content (AvgIpc) is 3.22. The van der Waals surface area contributed by atoms with Crippen molar-refractivity contribution < 1.29 is 0 Å². The van der Waals surface area contributed by atoms with Crippen LogP contribution in [-0.2, 0) is 19.0 Å². The zero-order valence-electron chi connectivity index (χ0n) is 13.6. The SMILES string of the molecule is CN=C(NCc1ccn(C)c1)NCC1(c2ccccc2Br)CC1. The highest BCUT2D eigenvalue weighted by Gasteiger charge is 2.45. The lowest BCUT2D eigenvalue weighted by molar-refractivity contribution is 0.643. The molecule has 1 aromatic heterocycles. The van der Waals surface area contributed by atoms with Crippen molar-refractivity contribution in [2.24, 2.45) is 12.0 Å². The van der Waals surface area contributed by atoms with Crippen molar-refractivity contribution in [2.45, 2.75) is 24.8 Å². The van der Waals surface area contributed by atoms with Gasteiger partial charge in [-0.15, -0.1) is 0 Å². The summed E-state index contributed by atoms with van der Waals surface area (Å²) in [5, 5.41) is 6.87. The van der Waals surface area contributed by atoms with Crippen LogP contribution in [0.2, 0.25) is 0 Å². The predicted molar refractivity (Wildman–Crippen MR) is 98.7 cm³/mol. The summed E-state index contributed by atoms with van der Waals surface area (Å²) in [6.45, 7) is 1.69. The molecule has 122 valence electrons. The summed E-state index contributed by atoms with van der Waals surface area (Å²) in [4.78, 5) is 4.33. The molecule has 2 aromatic rings. The second-order valence-electron chi connectivity index (χ2n) is 6.22. The summed E-state index contributed by atoms with van der Waals surface area (Å²) in [5.74, 6) is 0.854. The number of rotatable bonds is 5. The molecule has 1 aromatic carbocycles. The lowest BCUT2D eigenvalue weighted by Gasteiger charge is -2.20. The van der Waals surface area contributed by atoms with Crippen LogP contribution in [0.5, 0.6) is 0 Å². The first-order chi connectivity index (χ1) is 11.1. The third kappa shape index (κ3) is 3.78. The van der Waals surface area contributed by atoms with Crippen molar-refractivity contribution in [1.29, 1.82) is 0 Å². The second kappa shape index (κ2) is 6.79. The Morgan fingerprint density at radius 2 is 2.04 bits per heavy atom. The molecule has 23 heavy (non-hydrogen) atoms. The van der Waals surface area contributed by atoms with Gasteiger partial charge in [-0.05, 0) is 36.1 Å². The Morgan fingerprint density at radius 1 is 1.26 bits per heavy atom. The van der Waals surface area contributed by atoms with Gasteiger partial charge in [0.05, 0.1) is 0 Å². The molecule has 1 aliphatic carbocycles. The minimum absolute atomic E-state index is 0.241. The van der Waals surface area contributed by atoms with Gasteiger partial charge in [0.25, 0.3) is 0 Å². The number of nitrogens with one attached hydrogen (secondary N) is 2. The monoisotopic (exact) mass is 374 g/mol. The normalized spacial score (nSPS) is 16.2. The van der Waals surface area contributed by atoms with Gasteiger partial charge in [0, 0.05) is 49.5 Å². The smallest absolute Gasteiger partial charge is 0.191 e. The van der Waals surface area contributed by atoms with Crippen LogP contribution in [0, 0.1) is 0 Å². The Kier molecular flexibility index (Phi) is 4.76. The van der Waals surface area contributed by atoms with Gasteiger partial charge >= 0.3 is 0 Å². The molecular weight excluding hydrogens is 352 g/mol. The first-order valence-corrected chi connectivity index (χ1v) is 8.73. The number of benzene rings is 1. The molecule has 1 heterocycles. The number of hydrogen-bond donors (Lipinski definition) is 2. The van der Waals surface area contributed by atoms with E-state index < -0.39 is 0 Å². The van der Waals surface area contributed by atoms with Gasteiger partial charge < -0.3 is 15.2 Å². The molecule has 0 unspecified atom stereocenters. The first-order valence-electron chi connectivity index (χ1n) is 7.93. The topological polar surface area (TPSA) is 41.4 Å². The van der Waals surface area contributed by atoms with E-state index in [4.69, 9.17) is 0 Å². The Hall–Kier alpha value is -1.75. The molecule has 3 rings (SSSR count). The van der Waals surface area contributed by atoms with Gasteiger partial charge in [-0.1, -0.05) is 34.1 Å². The van der Waals surface area contributed by atoms with E-state index >= 15 is 0 Å². The zero-order chi connectivity index (χ0) is 16.3. The van der Waals surface area contributed by atoms with Crippen molar-refractivity contribution in [3.63, 3.8) is 0 Å². The molecule has 0 spiro atoms. The van der Waals surface area contributed by atoms with Crippen LogP contribution >= 0.6 is 15.9 Å². The minimum atomic E-state index is 0.241. The fourth-order valence-electron chi connectivity index (χ4n) is 2.91. The number of aromatic nitrogens is 1. The molecular formula is C18H23BrN4. The second-order valence-corrected chi connectivity index (χ2v) is 7.08. The number of aliphatic imine (C=N–C) groups is 1. The summed E-state index contributed by atoms with van der Waals surface area (Å²) in [6.07, 6.45) is 6.61. The first kappa shape index (κ1) is 16.1. The Balaban J connectivity index is 1.57. The predicted octanol–water partition coefficient (Wildman–Crippen LogP) is 3.18. The van der Waals surface area contributed by atoms with Crippen LogP contribution in [0.3, 0.4) is 0 Å². The highest BCUT2D eigenvalue weighted by atomic mass is 79.9. The van der Waals surface area contributed by atoms with E-state index in [2.05, 4.69) is 78.8 Å². The fraction of sp³-hybridized carbons (Fsp3) is 0.389. The van der Waals surface area contributed by atoms with Crippen molar-refractivity contribution >= 4 is 21.9 Å². The van der Waals surface area contributed by atoms with E-state index in [9.17, 15) is 0 Å². The van der Waals surface area contributed by atoms with E-state index in [1.807, 2.05) is 14.1 Å². The summed E-state index contributed by atoms with van der Waals surface area (Å²) < 4.78 is 3.26. The maximum absolute atomic E-state index is 4.33. The Labute approximate surface area is 146 Å². The molecule has 0 radical (unpaired) electrons. The average molecular weight is 375 g/mol. The third-order valence-electron chi connectivity index (χ3n) is 4.47. The van der Waals surface area contributed by atoms with Crippen LogP contribution in [0.1, 0.15) is 24.0 Å². The Morgan fingerprint density at radius 3 is 2.65 bits per heavy atom. The van der Waals surface area contributed by atoms with Crippen LogP contribution in [-0.4, -0.2) is 24.1 Å². The van der Waals surface area contributed by atoms with Gasteiger partial charge in [0.15, 0.2) is 5.96 Å². The summed E-state index contributed by atoms with van der Waals surface area (Å²) in [5.41, 5.74) is 2.89. The molecule has 4 nitrogen and oxygen atoms in total. The van der Waals surface area contributed by atoms with E-state index in [1.54, 1.807) is 0 Å². The maximum atomic E-state index is 4.33. The van der Waals surface area contributed by atoms with E-state index in [0.717, 1.165) is 19.0 Å². The molecule has 1 aliphatic rings. The van der Waals surface area contributed by atoms with Gasteiger partial charge in [-0.2, -0.15) is 0 Å². The molecule has 0 amide bonds. The summed E-state index contributed by atoms with van der Waals surface area (Å²) in [7, 11) is 3.85. The molecule has 0 bridgehead atoms.